The Labute approximate surface area is 117 Å². The van der Waals surface area contributed by atoms with Gasteiger partial charge in [0.1, 0.15) is 5.69 Å². The third-order valence-corrected chi connectivity index (χ3v) is 3.50. The van der Waals surface area contributed by atoms with Crippen molar-refractivity contribution in [1.82, 2.24) is 20.4 Å². The molecule has 0 atom stereocenters. The molecule has 102 valence electrons. The van der Waals surface area contributed by atoms with Crippen LogP contribution in [0.15, 0.2) is 42.6 Å². The third kappa shape index (κ3) is 1.61. The number of hydrogen-bond donors (Lipinski definition) is 2. The minimum absolute atomic E-state index is 0.0125. The maximum Gasteiger partial charge on any atom is 0.289 e. The van der Waals surface area contributed by atoms with Crippen LogP contribution in [0.25, 0.3) is 33.1 Å². The molecule has 0 bridgehead atoms. The fourth-order valence-corrected chi connectivity index (χ4v) is 2.56. The molecule has 0 unspecified atom stereocenters. The van der Waals surface area contributed by atoms with Crippen LogP contribution >= 0.6 is 0 Å². The average Bonchev–Trinajstić information content (AvgIpc) is 3.12. The van der Waals surface area contributed by atoms with E-state index in [2.05, 4.69) is 20.4 Å². The van der Waals surface area contributed by atoms with Crippen LogP contribution < -0.4 is 0 Å². The minimum atomic E-state index is -0.392. The Morgan fingerprint density at radius 3 is 2.67 bits per heavy atom. The van der Waals surface area contributed by atoms with Crippen molar-refractivity contribution in [3.8, 4) is 11.3 Å². The lowest BCUT2D eigenvalue weighted by atomic mass is 10.0. The van der Waals surface area contributed by atoms with Crippen LogP contribution in [0.4, 0.5) is 5.69 Å². The predicted molar refractivity (Wildman–Crippen MR) is 77.8 cm³/mol. The van der Waals surface area contributed by atoms with Crippen molar-refractivity contribution < 1.29 is 4.92 Å². The van der Waals surface area contributed by atoms with E-state index in [4.69, 9.17) is 0 Å². The van der Waals surface area contributed by atoms with E-state index in [-0.39, 0.29) is 5.69 Å². The molecule has 0 saturated heterocycles. The Balaban J connectivity index is 2.10. The number of H-pyrrole nitrogens is 2. The monoisotopic (exact) mass is 279 g/mol. The summed E-state index contributed by atoms with van der Waals surface area (Å²) in [6.07, 6.45) is 1.46. The number of nitrogens with one attached hydrogen (secondary N) is 2. The lowest BCUT2D eigenvalue weighted by Crippen LogP contribution is -1.93. The highest BCUT2D eigenvalue weighted by atomic mass is 16.6. The van der Waals surface area contributed by atoms with E-state index in [1.54, 1.807) is 12.1 Å². The SMILES string of the molecule is O=[N+]([O-])c1c(-c2n[nH]c3ccccc23)ccc2[nH]ncc12. The van der Waals surface area contributed by atoms with Gasteiger partial charge in [0.2, 0.25) is 0 Å². The fourth-order valence-electron chi connectivity index (χ4n) is 2.56. The van der Waals surface area contributed by atoms with Gasteiger partial charge in [-0.15, -0.1) is 0 Å². The van der Waals surface area contributed by atoms with Crippen molar-refractivity contribution in [2.75, 3.05) is 0 Å². The second kappa shape index (κ2) is 4.14. The zero-order valence-electron chi connectivity index (χ0n) is 10.7. The molecular formula is C14H9N5O2. The molecule has 2 N–H and O–H groups in total. The summed E-state index contributed by atoms with van der Waals surface area (Å²) in [6, 6.07) is 11.0. The smallest absolute Gasteiger partial charge is 0.278 e. The van der Waals surface area contributed by atoms with Gasteiger partial charge in [0.05, 0.1) is 33.1 Å². The molecule has 4 rings (SSSR count). The van der Waals surface area contributed by atoms with Gasteiger partial charge in [-0.3, -0.25) is 20.3 Å². The number of rotatable bonds is 2. The number of para-hydroxylation sites is 1. The lowest BCUT2D eigenvalue weighted by Gasteiger charge is -2.01. The van der Waals surface area contributed by atoms with Gasteiger partial charge in [0.25, 0.3) is 5.69 Å². The van der Waals surface area contributed by atoms with Crippen LogP contribution in [0.1, 0.15) is 0 Å². The highest BCUT2D eigenvalue weighted by molar-refractivity contribution is 6.01. The standard InChI is InChI=1S/C14H9N5O2/c20-19(21)14-9(5-6-12-10(14)7-15-16-12)13-8-3-1-2-4-11(8)17-18-13/h1-7H,(H,15,16)(H,17,18). The molecule has 0 saturated carbocycles. The molecule has 0 radical (unpaired) electrons. The zero-order chi connectivity index (χ0) is 14.4. The Morgan fingerprint density at radius 1 is 1.00 bits per heavy atom. The molecule has 7 nitrogen and oxygen atoms in total. The summed E-state index contributed by atoms with van der Waals surface area (Å²) in [5, 5.41) is 26.6. The molecule has 21 heavy (non-hydrogen) atoms. The molecule has 2 heterocycles. The topological polar surface area (TPSA) is 100 Å². The second-order valence-electron chi connectivity index (χ2n) is 4.67. The molecule has 0 spiro atoms. The number of aromatic nitrogens is 4. The first-order valence-electron chi connectivity index (χ1n) is 6.29. The Kier molecular flexibility index (Phi) is 2.28. The quantitative estimate of drug-likeness (QED) is 0.435. The summed E-state index contributed by atoms with van der Waals surface area (Å²) in [5.74, 6) is 0. The number of fused-ring (bicyclic) bond motifs is 2. The highest BCUT2D eigenvalue weighted by Crippen LogP contribution is 2.37. The molecule has 2 aromatic carbocycles. The van der Waals surface area contributed by atoms with Gasteiger partial charge in [0.15, 0.2) is 0 Å². The summed E-state index contributed by atoms with van der Waals surface area (Å²) < 4.78 is 0. The fraction of sp³-hybridized carbons (Fsp3) is 0. The second-order valence-corrected chi connectivity index (χ2v) is 4.67. The molecule has 4 aromatic rings. The van der Waals surface area contributed by atoms with Crippen molar-refractivity contribution in [2.45, 2.75) is 0 Å². The van der Waals surface area contributed by atoms with E-state index < -0.39 is 4.92 Å². The van der Waals surface area contributed by atoms with Gasteiger partial charge in [-0.25, -0.2) is 0 Å². The van der Waals surface area contributed by atoms with Crippen LogP contribution in [0, 0.1) is 10.1 Å². The minimum Gasteiger partial charge on any atom is -0.278 e. The largest absolute Gasteiger partial charge is 0.289 e. The maximum absolute atomic E-state index is 11.5. The van der Waals surface area contributed by atoms with E-state index >= 15 is 0 Å². The number of hydrogen-bond acceptors (Lipinski definition) is 4. The first-order valence-corrected chi connectivity index (χ1v) is 6.29. The molecular weight excluding hydrogens is 270 g/mol. The summed E-state index contributed by atoms with van der Waals surface area (Å²) in [6.45, 7) is 0. The molecule has 0 aliphatic carbocycles. The van der Waals surface area contributed by atoms with E-state index in [0.717, 1.165) is 10.9 Å². The number of nitrogens with zero attached hydrogens (tertiary/aromatic N) is 3. The van der Waals surface area contributed by atoms with Gasteiger partial charge in [-0.05, 0) is 18.2 Å². The Bertz CT molecular complexity index is 985. The number of aromatic amines is 2. The molecule has 0 aliphatic heterocycles. The van der Waals surface area contributed by atoms with Gasteiger partial charge in [-0.1, -0.05) is 18.2 Å². The summed E-state index contributed by atoms with van der Waals surface area (Å²) >= 11 is 0. The molecule has 7 heteroatoms. The highest BCUT2D eigenvalue weighted by Gasteiger charge is 2.23. The van der Waals surface area contributed by atoms with Crippen LogP contribution in [-0.2, 0) is 0 Å². The van der Waals surface area contributed by atoms with Crippen LogP contribution in [-0.4, -0.2) is 25.3 Å². The van der Waals surface area contributed by atoms with Crippen LogP contribution in [0.3, 0.4) is 0 Å². The summed E-state index contributed by atoms with van der Waals surface area (Å²) in [7, 11) is 0. The van der Waals surface area contributed by atoms with Crippen LogP contribution in [0.2, 0.25) is 0 Å². The molecule has 0 amide bonds. The molecule has 0 aliphatic rings. The van der Waals surface area contributed by atoms with Crippen molar-refractivity contribution in [3.63, 3.8) is 0 Å². The van der Waals surface area contributed by atoms with Crippen LogP contribution in [0.5, 0.6) is 0 Å². The Hall–Kier alpha value is -3.22. The van der Waals surface area contributed by atoms with Crippen molar-refractivity contribution in [1.29, 1.82) is 0 Å². The van der Waals surface area contributed by atoms with Gasteiger partial charge >= 0.3 is 0 Å². The third-order valence-electron chi connectivity index (χ3n) is 3.50. The van der Waals surface area contributed by atoms with Gasteiger partial charge in [-0.2, -0.15) is 10.2 Å². The molecule has 0 fully saturated rings. The van der Waals surface area contributed by atoms with Crippen molar-refractivity contribution in [3.05, 3.63) is 52.7 Å². The maximum atomic E-state index is 11.5. The number of nitro groups is 1. The first kappa shape index (κ1) is 11.6. The van der Waals surface area contributed by atoms with Crippen molar-refractivity contribution >= 4 is 27.5 Å². The van der Waals surface area contributed by atoms with E-state index in [1.807, 2.05) is 24.3 Å². The lowest BCUT2D eigenvalue weighted by molar-refractivity contribution is -0.382. The average molecular weight is 279 g/mol. The molecule has 2 aromatic heterocycles. The zero-order valence-corrected chi connectivity index (χ0v) is 10.7. The van der Waals surface area contributed by atoms with Crippen molar-refractivity contribution in [2.24, 2.45) is 0 Å². The number of nitro benzene ring substituents is 1. The summed E-state index contributed by atoms with van der Waals surface area (Å²) in [5.41, 5.74) is 2.53. The first-order chi connectivity index (χ1) is 10.3. The predicted octanol–water partition coefficient (Wildman–Crippen LogP) is 3.01. The Morgan fingerprint density at radius 2 is 1.81 bits per heavy atom. The summed E-state index contributed by atoms with van der Waals surface area (Å²) in [4.78, 5) is 11.1. The van der Waals surface area contributed by atoms with Gasteiger partial charge in [0, 0.05) is 5.39 Å². The van der Waals surface area contributed by atoms with Gasteiger partial charge < -0.3 is 0 Å². The van der Waals surface area contributed by atoms with E-state index in [0.29, 0.717) is 22.2 Å². The van der Waals surface area contributed by atoms with E-state index in [9.17, 15) is 10.1 Å². The van der Waals surface area contributed by atoms with E-state index in [1.165, 1.54) is 6.20 Å². The number of benzene rings is 2. The normalized spacial score (nSPS) is 11.2.